The second-order valence-corrected chi connectivity index (χ2v) is 6.74. The van der Waals surface area contributed by atoms with Crippen LogP contribution in [0.25, 0.3) is 0 Å². The van der Waals surface area contributed by atoms with E-state index in [2.05, 4.69) is 44.7 Å². The fourth-order valence-corrected chi connectivity index (χ4v) is 3.48. The lowest BCUT2D eigenvalue weighted by atomic mass is 10.00. The van der Waals surface area contributed by atoms with Crippen molar-refractivity contribution in [3.63, 3.8) is 0 Å². The summed E-state index contributed by atoms with van der Waals surface area (Å²) in [6.45, 7) is 1.88. The number of rotatable bonds is 3. The van der Waals surface area contributed by atoms with Crippen molar-refractivity contribution >= 4 is 17.4 Å². The summed E-state index contributed by atoms with van der Waals surface area (Å²) in [4.78, 5) is 14.6. The Bertz CT molecular complexity index is 1040. The van der Waals surface area contributed by atoms with E-state index in [9.17, 15) is 4.79 Å². The maximum Gasteiger partial charge on any atom is 0.276 e. The van der Waals surface area contributed by atoms with Gasteiger partial charge < -0.3 is 19.7 Å². The predicted octanol–water partition coefficient (Wildman–Crippen LogP) is 3.02. The maximum atomic E-state index is 12.5. The second kappa shape index (κ2) is 6.84. The van der Waals surface area contributed by atoms with E-state index in [0.29, 0.717) is 17.2 Å². The average molecular weight is 374 g/mol. The van der Waals surface area contributed by atoms with Crippen LogP contribution in [0.1, 0.15) is 21.6 Å². The van der Waals surface area contributed by atoms with E-state index >= 15 is 0 Å². The van der Waals surface area contributed by atoms with Crippen LogP contribution in [0.3, 0.4) is 0 Å². The highest BCUT2D eigenvalue weighted by Gasteiger charge is 2.19. The number of carbonyl (C=O) groups is 1. The van der Waals surface area contributed by atoms with Gasteiger partial charge in [0.2, 0.25) is 6.79 Å². The van der Waals surface area contributed by atoms with Gasteiger partial charge in [-0.25, -0.2) is 0 Å². The Kier molecular flexibility index (Phi) is 4.05. The van der Waals surface area contributed by atoms with Crippen molar-refractivity contribution in [2.45, 2.75) is 13.0 Å². The lowest BCUT2D eigenvalue weighted by Crippen LogP contribution is -2.31. The lowest BCUT2D eigenvalue weighted by Gasteiger charge is -2.29. The maximum absolute atomic E-state index is 12.5. The molecule has 140 valence electrons. The van der Waals surface area contributed by atoms with Gasteiger partial charge in [0.1, 0.15) is 0 Å². The summed E-state index contributed by atoms with van der Waals surface area (Å²) >= 11 is 0. The standard InChI is InChI=1S/C21H18N4O3/c26-21(22-16-5-7-18-19(11-16)28-13-27-18)17-6-8-20(24-23-17)25-10-9-14-3-1-2-4-15(14)12-25/h1-8,11H,9-10,12-13H2,(H,22,26). The predicted molar refractivity (Wildman–Crippen MR) is 104 cm³/mol. The lowest BCUT2D eigenvalue weighted by molar-refractivity contribution is 0.102. The average Bonchev–Trinajstić information content (AvgIpc) is 3.21. The Labute approximate surface area is 161 Å². The quantitative estimate of drug-likeness (QED) is 0.759. The zero-order valence-electron chi connectivity index (χ0n) is 15.1. The van der Waals surface area contributed by atoms with Gasteiger partial charge in [-0.3, -0.25) is 4.79 Å². The molecule has 0 saturated heterocycles. The fraction of sp³-hybridized carbons (Fsp3) is 0.190. The molecular weight excluding hydrogens is 356 g/mol. The molecule has 1 amide bonds. The number of fused-ring (bicyclic) bond motifs is 2. The normalized spacial score (nSPS) is 14.5. The van der Waals surface area contributed by atoms with Crippen LogP contribution in [-0.4, -0.2) is 29.4 Å². The third-order valence-corrected chi connectivity index (χ3v) is 4.97. The molecule has 0 unspecified atom stereocenters. The SMILES string of the molecule is O=C(Nc1ccc2c(c1)OCO2)c1ccc(N2CCc3ccccc3C2)nn1. The van der Waals surface area contributed by atoms with E-state index in [0.717, 1.165) is 25.3 Å². The Balaban J connectivity index is 1.28. The first-order valence-electron chi connectivity index (χ1n) is 9.13. The van der Waals surface area contributed by atoms with Crippen molar-refractivity contribution in [2.75, 3.05) is 23.6 Å². The Morgan fingerprint density at radius 1 is 0.964 bits per heavy atom. The molecule has 5 rings (SSSR count). The summed E-state index contributed by atoms with van der Waals surface area (Å²) in [5, 5.41) is 11.2. The number of hydrogen-bond donors (Lipinski definition) is 1. The fourth-order valence-electron chi connectivity index (χ4n) is 3.48. The molecule has 2 aliphatic heterocycles. The van der Waals surface area contributed by atoms with Crippen molar-refractivity contribution in [3.8, 4) is 11.5 Å². The van der Waals surface area contributed by atoms with Gasteiger partial charge in [-0.05, 0) is 41.8 Å². The van der Waals surface area contributed by atoms with E-state index in [1.165, 1.54) is 11.1 Å². The third kappa shape index (κ3) is 3.11. The first-order valence-corrected chi connectivity index (χ1v) is 9.13. The number of hydrogen-bond acceptors (Lipinski definition) is 6. The minimum atomic E-state index is -0.318. The molecule has 3 heterocycles. The van der Waals surface area contributed by atoms with Crippen LogP contribution < -0.4 is 19.7 Å². The van der Waals surface area contributed by atoms with Crippen LogP contribution >= 0.6 is 0 Å². The van der Waals surface area contributed by atoms with E-state index in [1.807, 2.05) is 6.07 Å². The first-order chi connectivity index (χ1) is 13.8. The van der Waals surface area contributed by atoms with E-state index in [4.69, 9.17) is 9.47 Å². The molecule has 0 spiro atoms. The zero-order chi connectivity index (χ0) is 18.9. The summed E-state index contributed by atoms with van der Waals surface area (Å²) < 4.78 is 10.6. The molecule has 7 nitrogen and oxygen atoms in total. The van der Waals surface area contributed by atoms with Gasteiger partial charge in [-0.15, -0.1) is 10.2 Å². The minimum absolute atomic E-state index is 0.195. The van der Waals surface area contributed by atoms with Crippen molar-refractivity contribution in [2.24, 2.45) is 0 Å². The molecule has 0 atom stereocenters. The smallest absolute Gasteiger partial charge is 0.276 e. The minimum Gasteiger partial charge on any atom is -0.454 e. The number of nitrogens with zero attached hydrogens (tertiary/aromatic N) is 3. The highest BCUT2D eigenvalue weighted by molar-refractivity contribution is 6.03. The number of aromatic nitrogens is 2. The summed E-state index contributed by atoms with van der Waals surface area (Å²) in [7, 11) is 0. The van der Waals surface area contributed by atoms with Crippen LogP contribution in [-0.2, 0) is 13.0 Å². The Morgan fingerprint density at radius 2 is 1.82 bits per heavy atom. The van der Waals surface area contributed by atoms with E-state index in [-0.39, 0.29) is 18.4 Å². The summed E-state index contributed by atoms with van der Waals surface area (Å²) in [5.74, 6) is 1.74. The van der Waals surface area contributed by atoms with Gasteiger partial charge in [-0.2, -0.15) is 0 Å². The molecule has 0 fully saturated rings. The molecule has 2 aromatic carbocycles. The zero-order valence-corrected chi connectivity index (χ0v) is 15.1. The van der Waals surface area contributed by atoms with Gasteiger partial charge in [-0.1, -0.05) is 24.3 Å². The van der Waals surface area contributed by atoms with Crippen molar-refractivity contribution in [3.05, 3.63) is 71.4 Å². The highest BCUT2D eigenvalue weighted by Crippen LogP contribution is 2.34. The van der Waals surface area contributed by atoms with Crippen LogP contribution in [0.5, 0.6) is 11.5 Å². The summed E-state index contributed by atoms with van der Waals surface area (Å²) in [6, 6.07) is 17.2. The molecule has 1 aromatic heterocycles. The number of benzene rings is 2. The molecular formula is C21H18N4O3. The number of anilines is 2. The molecule has 7 heteroatoms. The summed E-state index contributed by atoms with van der Waals surface area (Å²) in [6.07, 6.45) is 0.976. The van der Waals surface area contributed by atoms with Gasteiger partial charge in [0.05, 0.1) is 0 Å². The largest absolute Gasteiger partial charge is 0.454 e. The molecule has 0 bridgehead atoms. The van der Waals surface area contributed by atoms with E-state index < -0.39 is 0 Å². The van der Waals surface area contributed by atoms with Crippen LogP contribution in [0, 0.1) is 0 Å². The Morgan fingerprint density at radius 3 is 2.68 bits per heavy atom. The molecule has 28 heavy (non-hydrogen) atoms. The topological polar surface area (TPSA) is 76.6 Å². The molecule has 0 aliphatic carbocycles. The van der Waals surface area contributed by atoms with Crippen LogP contribution in [0.2, 0.25) is 0 Å². The van der Waals surface area contributed by atoms with Crippen LogP contribution in [0.15, 0.2) is 54.6 Å². The number of ether oxygens (including phenoxy) is 2. The summed E-state index contributed by atoms with van der Waals surface area (Å²) in [5.41, 5.74) is 3.57. The van der Waals surface area contributed by atoms with Gasteiger partial charge >= 0.3 is 0 Å². The van der Waals surface area contributed by atoms with Crippen molar-refractivity contribution in [1.82, 2.24) is 10.2 Å². The van der Waals surface area contributed by atoms with Crippen molar-refractivity contribution < 1.29 is 14.3 Å². The van der Waals surface area contributed by atoms with E-state index in [1.54, 1.807) is 24.3 Å². The highest BCUT2D eigenvalue weighted by atomic mass is 16.7. The molecule has 0 saturated carbocycles. The van der Waals surface area contributed by atoms with Gasteiger partial charge in [0, 0.05) is 24.8 Å². The number of nitrogens with one attached hydrogen (secondary N) is 1. The van der Waals surface area contributed by atoms with Crippen molar-refractivity contribution in [1.29, 1.82) is 0 Å². The molecule has 3 aromatic rings. The van der Waals surface area contributed by atoms with Gasteiger partial charge in [0.25, 0.3) is 5.91 Å². The number of carbonyl (C=O) groups excluding carboxylic acids is 1. The Hall–Kier alpha value is -3.61. The third-order valence-electron chi connectivity index (χ3n) is 4.97. The monoisotopic (exact) mass is 374 g/mol. The molecule has 1 N–H and O–H groups in total. The molecule has 2 aliphatic rings. The second-order valence-electron chi connectivity index (χ2n) is 6.74. The van der Waals surface area contributed by atoms with Gasteiger partial charge in [0.15, 0.2) is 23.0 Å². The molecule has 0 radical (unpaired) electrons. The first kappa shape index (κ1) is 16.6. The van der Waals surface area contributed by atoms with Crippen LogP contribution in [0.4, 0.5) is 11.5 Å². The number of amides is 1.